The fourth-order valence-corrected chi connectivity index (χ4v) is 0.625. The van der Waals surface area contributed by atoms with Crippen LogP contribution in [0, 0.1) is 0 Å². The number of nitrogens with one attached hydrogen (secondary N) is 1. The molecule has 0 aromatic rings. The molecule has 3 nitrogen and oxygen atoms in total. The van der Waals surface area contributed by atoms with E-state index in [-0.39, 0.29) is 0 Å². The Morgan fingerprint density at radius 2 is 1.78 bits per heavy atom. The fraction of sp³-hybridized carbons (Fsp3) is 0.800. The molecule has 2 N–H and O–H groups in total. The van der Waals surface area contributed by atoms with Crippen LogP contribution in [0.2, 0.25) is 0 Å². The van der Waals surface area contributed by atoms with Crippen molar-refractivity contribution >= 4 is 4.87 Å². The second kappa shape index (κ2) is 6.08. The first-order valence-electron chi connectivity index (χ1n) is 2.79. The van der Waals surface area contributed by atoms with Crippen LogP contribution >= 0.6 is 0 Å². The molecule has 1 aliphatic rings. The van der Waals surface area contributed by atoms with E-state index in [9.17, 15) is 0 Å². The summed E-state index contributed by atoms with van der Waals surface area (Å²) >= 11 is 3.66. The Morgan fingerprint density at radius 3 is 1.89 bits per heavy atom. The van der Waals surface area contributed by atoms with Crippen molar-refractivity contribution in [3.8, 4) is 0 Å². The van der Waals surface area contributed by atoms with E-state index >= 15 is 0 Å². The van der Waals surface area contributed by atoms with Crippen LogP contribution in [0.1, 0.15) is 12.8 Å². The van der Waals surface area contributed by atoms with E-state index in [1.165, 1.54) is 25.9 Å². The van der Waals surface area contributed by atoms with Crippen molar-refractivity contribution in [1.82, 2.24) is 5.32 Å². The van der Waals surface area contributed by atoms with Gasteiger partial charge >= 0.3 is 30.8 Å². The fourth-order valence-electron chi connectivity index (χ4n) is 0.625. The monoisotopic (exact) mass is 179 g/mol. The topological polar surface area (TPSA) is 49.3 Å². The third-order valence-corrected chi connectivity index (χ3v) is 0.957. The zero-order chi connectivity index (χ0) is 7.11. The first-order valence-corrected chi connectivity index (χ1v) is 3.26. The second-order valence-electron chi connectivity index (χ2n) is 1.68. The molecule has 0 radical (unpaired) electrons. The van der Waals surface area contributed by atoms with Gasteiger partial charge in [0.05, 0.1) is 0 Å². The third kappa shape index (κ3) is 11.5. The summed E-state index contributed by atoms with van der Waals surface area (Å²) in [6.45, 7) is 2.50. The molecule has 1 saturated heterocycles. The van der Waals surface area contributed by atoms with E-state index in [1.807, 2.05) is 0 Å². The number of hydrogen-bond acceptors (Lipinski definition) is 2. The molecule has 9 heavy (non-hydrogen) atoms. The first kappa shape index (κ1) is 8.95. The van der Waals surface area contributed by atoms with Crippen LogP contribution in [-0.2, 0) is 16.0 Å². The summed E-state index contributed by atoms with van der Waals surface area (Å²) in [4.78, 5) is 7.53. The predicted molar refractivity (Wildman–Crippen MR) is 30.1 cm³/mol. The van der Waals surface area contributed by atoms with E-state index in [0.717, 1.165) is 0 Å². The number of hydrogen-bond donors (Lipinski definition) is 2. The van der Waals surface area contributed by atoms with Gasteiger partial charge in [-0.1, -0.05) is 0 Å². The van der Waals surface area contributed by atoms with Gasteiger partial charge in [0.1, 0.15) is 0 Å². The molecule has 0 saturated carbocycles. The summed E-state index contributed by atoms with van der Waals surface area (Å²) in [6, 6.07) is 0. The van der Waals surface area contributed by atoms with Gasteiger partial charge in [0.2, 0.25) is 0 Å². The maximum atomic E-state index is 8.81. The van der Waals surface area contributed by atoms with Gasteiger partial charge in [-0.15, -0.1) is 0 Å². The molecular formula is C5H10CuNO2. The molecule has 0 bridgehead atoms. The Bertz CT molecular complexity index is 71.4. The van der Waals surface area contributed by atoms with Crippen molar-refractivity contribution in [2.24, 2.45) is 0 Å². The first-order chi connectivity index (χ1) is 4.23. The van der Waals surface area contributed by atoms with E-state index in [0.29, 0.717) is 0 Å². The Hall–Kier alpha value is -0.0505. The molecule has 0 aromatic heterocycles. The standard InChI is InChI=1S/C4H9N.CHO2.Cu/c1-2-4-5-3-1;2-1-3;/h5H,1-4H2;(H,2,3);. The van der Waals surface area contributed by atoms with E-state index < -0.39 is 4.87 Å². The molecule has 0 unspecified atom stereocenters. The molecule has 0 spiro atoms. The van der Waals surface area contributed by atoms with Crippen molar-refractivity contribution < 1.29 is 25.9 Å². The van der Waals surface area contributed by atoms with Crippen molar-refractivity contribution in [3.63, 3.8) is 0 Å². The number of carbonyl (C=O) groups is 1. The van der Waals surface area contributed by atoms with Gasteiger partial charge in [-0.2, -0.15) is 0 Å². The van der Waals surface area contributed by atoms with Crippen molar-refractivity contribution in [1.29, 1.82) is 0 Å². The molecule has 1 fully saturated rings. The van der Waals surface area contributed by atoms with Crippen LogP contribution in [0.4, 0.5) is 4.79 Å². The molecule has 0 aromatic carbocycles. The quantitative estimate of drug-likeness (QED) is 0.535. The average molecular weight is 180 g/mol. The summed E-state index contributed by atoms with van der Waals surface area (Å²) < 4.78 is 0. The van der Waals surface area contributed by atoms with Gasteiger partial charge in [-0.05, 0) is 25.9 Å². The normalized spacial score (nSPS) is 16.2. The van der Waals surface area contributed by atoms with Crippen LogP contribution in [0.25, 0.3) is 0 Å². The van der Waals surface area contributed by atoms with E-state index in [4.69, 9.17) is 9.90 Å². The van der Waals surface area contributed by atoms with Gasteiger partial charge in [0.15, 0.2) is 0 Å². The molecule has 1 heterocycles. The van der Waals surface area contributed by atoms with Gasteiger partial charge in [0, 0.05) is 0 Å². The summed E-state index contributed by atoms with van der Waals surface area (Å²) in [5, 5.41) is 10.4. The molecule has 58 valence electrons. The molecular weight excluding hydrogens is 170 g/mol. The Labute approximate surface area is 62.6 Å². The summed E-state index contributed by atoms with van der Waals surface area (Å²) in [6.07, 6.45) is 2.78. The third-order valence-electron chi connectivity index (χ3n) is 0.957. The van der Waals surface area contributed by atoms with Gasteiger partial charge < -0.3 is 5.32 Å². The zero-order valence-corrected chi connectivity index (χ0v) is 5.93. The average Bonchev–Trinajstić information content (AvgIpc) is 2.11. The summed E-state index contributed by atoms with van der Waals surface area (Å²) in [7, 11) is 0. The molecule has 0 amide bonds. The van der Waals surface area contributed by atoms with Crippen LogP contribution in [0.3, 0.4) is 0 Å². The summed E-state index contributed by atoms with van der Waals surface area (Å²) in [5.41, 5.74) is 0. The van der Waals surface area contributed by atoms with Crippen molar-refractivity contribution in [3.05, 3.63) is 0 Å². The zero-order valence-electron chi connectivity index (χ0n) is 4.99. The van der Waals surface area contributed by atoms with Gasteiger partial charge in [-0.3, -0.25) is 0 Å². The van der Waals surface area contributed by atoms with Crippen LogP contribution < -0.4 is 5.32 Å². The van der Waals surface area contributed by atoms with E-state index in [2.05, 4.69) is 21.3 Å². The number of carboxylic acid groups (broad SMARTS) is 1. The van der Waals surface area contributed by atoms with Crippen molar-refractivity contribution in [2.45, 2.75) is 12.8 Å². The predicted octanol–water partition coefficient (Wildman–Crippen LogP) is 0.581. The van der Waals surface area contributed by atoms with Crippen LogP contribution in [0.5, 0.6) is 0 Å². The number of rotatable bonds is 0. The SMILES string of the molecule is C1CCNC1.O=[C](O)[Cu]. The summed E-state index contributed by atoms with van der Waals surface area (Å²) in [5.74, 6) is 0. The minimum absolute atomic E-state index is 1.25. The van der Waals surface area contributed by atoms with Crippen molar-refractivity contribution in [2.75, 3.05) is 13.1 Å². The molecule has 0 aliphatic carbocycles. The maximum absolute atomic E-state index is 8.81. The molecule has 4 heteroatoms. The Balaban J connectivity index is 0.000000148. The van der Waals surface area contributed by atoms with E-state index in [1.54, 1.807) is 0 Å². The minimum atomic E-state index is -1.27. The van der Waals surface area contributed by atoms with Crippen LogP contribution in [0.15, 0.2) is 0 Å². The van der Waals surface area contributed by atoms with Crippen LogP contribution in [-0.4, -0.2) is 23.1 Å². The molecule has 0 atom stereocenters. The molecule has 1 aliphatic heterocycles. The van der Waals surface area contributed by atoms with Gasteiger partial charge in [0.25, 0.3) is 0 Å². The second-order valence-corrected chi connectivity index (χ2v) is 2.08. The Morgan fingerprint density at radius 1 is 1.44 bits per heavy atom. The molecule has 1 rings (SSSR count). The van der Waals surface area contributed by atoms with Gasteiger partial charge in [-0.25, -0.2) is 0 Å². The Kier molecular flexibility index (Phi) is 6.04.